The van der Waals surface area contributed by atoms with Crippen molar-refractivity contribution in [3.8, 4) is 17.2 Å². The van der Waals surface area contributed by atoms with E-state index in [2.05, 4.69) is 10.2 Å². The molecular weight excluding hydrogens is 543 g/mol. The molecule has 0 saturated carbocycles. The predicted octanol–water partition coefficient (Wildman–Crippen LogP) is 3.98. The molecule has 0 saturated heterocycles. The lowest BCUT2D eigenvalue weighted by atomic mass is 10.0. The van der Waals surface area contributed by atoms with Crippen LogP contribution in [0.4, 0.5) is 18.9 Å². The molecule has 2 N–H and O–H groups in total. The van der Waals surface area contributed by atoms with Crippen LogP contribution < -0.4 is 19.5 Å². The van der Waals surface area contributed by atoms with E-state index in [-0.39, 0.29) is 43.4 Å². The zero-order chi connectivity index (χ0) is 29.7. The summed E-state index contributed by atoms with van der Waals surface area (Å²) < 4.78 is 55.0. The summed E-state index contributed by atoms with van der Waals surface area (Å²) in [6.45, 7) is 5.22. The first-order valence-electron chi connectivity index (χ1n) is 13.6. The van der Waals surface area contributed by atoms with Gasteiger partial charge in [0.15, 0.2) is 11.5 Å². The quantitative estimate of drug-likeness (QED) is 0.464. The molecule has 41 heavy (non-hydrogen) atoms. The summed E-state index contributed by atoms with van der Waals surface area (Å²) in [4.78, 5) is 29.2. The zero-order valence-corrected chi connectivity index (χ0v) is 23.4. The van der Waals surface area contributed by atoms with Gasteiger partial charge in [-0.1, -0.05) is 13.0 Å². The molecule has 2 amide bonds. The van der Waals surface area contributed by atoms with Crippen molar-refractivity contribution >= 4 is 17.5 Å². The third-order valence-corrected chi connectivity index (χ3v) is 7.22. The van der Waals surface area contributed by atoms with Crippen LogP contribution in [0.1, 0.15) is 37.8 Å². The van der Waals surface area contributed by atoms with Gasteiger partial charge in [-0.3, -0.25) is 14.5 Å². The number of hydrogen-bond acceptors (Lipinski definition) is 7. The smallest absolute Gasteiger partial charge is 0.389 e. The second-order valence-electron chi connectivity index (χ2n) is 10.8. The topological polar surface area (TPSA) is 101 Å². The summed E-state index contributed by atoms with van der Waals surface area (Å²) >= 11 is 0. The molecule has 0 radical (unpaired) electrons. The molecule has 0 fully saturated rings. The number of carbonyl (C=O) groups is 2. The van der Waals surface area contributed by atoms with E-state index in [4.69, 9.17) is 14.2 Å². The molecule has 0 spiro atoms. The van der Waals surface area contributed by atoms with E-state index in [1.165, 1.54) is 0 Å². The lowest BCUT2D eigenvalue weighted by Crippen LogP contribution is -2.47. The first kappa shape index (κ1) is 30.4. The van der Waals surface area contributed by atoms with E-state index < -0.39 is 31.0 Å². The maximum absolute atomic E-state index is 13.4. The fraction of sp³-hybridized carbons (Fsp3) is 0.517. The number of aliphatic hydroxyl groups excluding tert-OH is 1. The van der Waals surface area contributed by atoms with E-state index in [0.717, 1.165) is 5.56 Å². The number of nitrogens with zero attached hydrogens (tertiary/aromatic N) is 2. The van der Waals surface area contributed by atoms with Crippen LogP contribution in [0.25, 0.3) is 0 Å². The molecule has 0 aromatic heterocycles. The van der Waals surface area contributed by atoms with Crippen LogP contribution >= 0.6 is 0 Å². The Balaban J connectivity index is 1.54. The number of anilines is 1. The van der Waals surface area contributed by atoms with Gasteiger partial charge in [0, 0.05) is 43.2 Å². The molecule has 0 aliphatic carbocycles. The SMILES string of the molecule is C[C@H](CO)N1C[C@H](C)[C@H](CN(C)Cc2ccc3c(c2)OCO3)Oc2ccc(NC(=O)CCC(F)(F)F)cc2CC1=O. The van der Waals surface area contributed by atoms with E-state index in [9.17, 15) is 27.9 Å². The number of rotatable bonds is 9. The molecule has 0 bridgehead atoms. The molecule has 12 heteroatoms. The standard InChI is InChI=1S/C29H36F3N3O6/c1-18-13-35(19(2)16-36)28(38)12-21-11-22(33-27(37)8-9-29(30,31)32)5-7-23(21)41-26(18)15-34(3)14-20-4-6-24-25(10-20)40-17-39-24/h4-7,10-11,18-19,26,36H,8-9,12-17H2,1-3H3,(H,33,37)/t18-,19+,26-/m0/s1. The Morgan fingerprint density at radius 3 is 2.63 bits per heavy atom. The van der Waals surface area contributed by atoms with Crippen molar-refractivity contribution in [2.24, 2.45) is 5.92 Å². The van der Waals surface area contributed by atoms with Gasteiger partial charge in [0.1, 0.15) is 11.9 Å². The van der Waals surface area contributed by atoms with Crippen LogP contribution in [-0.2, 0) is 22.6 Å². The van der Waals surface area contributed by atoms with Gasteiger partial charge in [-0.25, -0.2) is 0 Å². The van der Waals surface area contributed by atoms with Crippen molar-refractivity contribution < 1.29 is 42.1 Å². The number of carbonyl (C=O) groups excluding carboxylic acids is 2. The summed E-state index contributed by atoms with van der Waals surface area (Å²) in [6.07, 6.45) is -6.76. The van der Waals surface area contributed by atoms with Crippen molar-refractivity contribution in [2.45, 2.75) is 58.0 Å². The second-order valence-corrected chi connectivity index (χ2v) is 10.8. The number of ether oxygens (including phenoxy) is 3. The number of fused-ring (bicyclic) bond motifs is 2. The molecule has 2 aliphatic heterocycles. The molecule has 0 unspecified atom stereocenters. The molecule has 4 rings (SSSR count). The second kappa shape index (κ2) is 13.0. The number of alkyl halides is 3. The number of aliphatic hydroxyl groups is 1. The van der Waals surface area contributed by atoms with Gasteiger partial charge >= 0.3 is 6.18 Å². The highest BCUT2D eigenvalue weighted by Gasteiger charge is 2.32. The van der Waals surface area contributed by atoms with Gasteiger partial charge in [0.25, 0.3) is 0 Å². The fourth-order valence-corrected chi connectivity index (χ4v) is 4.93. The van der Waals surface area contributed by atoms with Crippen LogP contribution in [0.15, 0.2) is 36.4 Å². The van der Waals surface area contributed by atoms with Gasteiger partial charge in [-0.15, -0.1) is 0 Å². The zero-order valence-electron chi connectivity index (χ0n) is 23.4. The average molecular weight is 580 g/mol. The van der Waals surface area contributed by atoms with Crippen molar-refractivity contribution in [1.82, 2.24) is 9.80 Å². The Morgan fingerprint density at radius 2 is 1.90 bits per heavy atom. The molecular formula is C29H36F3N3O6. The van der Waals surface area contributed by atoms with Crippen LogP contribution in [0.5, 0.6) is 17.2 Å². The number of amides is 2. The van der Waals surface area contributed by atoms with Gasteiger partial charge in [0.2, 0.25) is 18.6 Å². The predicted molar refractivity (Wildman–Crippen MR) is 145 cm³/mol. The van der Waals surface area contributed by atoms with Gasteiger partial charge in [0.05, 0.1) is 25.5 Å². The highest BCUT2D eigenvalue weighted by molar-refractivity contribution is 5.91. The normalized spacial score (nSPS) is 19.6. The van der Waals surface area contributed by atoms with Crippen molar-refractivity contribution in [2.75, 3.05) is 38.9 Å². The summed E-state index contributed by atoms with van der Waals surface area (Å²) in [5, 5.41) is 12.3. The van der Waals surface area contributed by atoms with Gasteiger partial charge < -0.3 is 29.5 Å². The molecule has 2 heterocycles. The van der Waals surface area contributed by atoms with Crippen LogP contribution in [0.2, 0.25) is 0 Å². The highest BCUT2D eigenvalue weighted by Crippen LogP contribution is 2.33. The number of hydrogen-bond donors (Lipinski definition) is 2. The third kappa shape index (κ3) is 8.26. The molecule has 2 aliphatic rings. The molecule has 2 aromatic rings. The summed E-state index contributed by atoms with van der Waals surface area (Å²) in [5.41, 5.74) is 1.80. The Labute approximate surface area is 237 Å². The number of nitrogens with one attached hydrogen (secondary N) is 1. The maximum Gasteiger partial charge on any atom is 0.389 e. The first-order chi connectivity index (χ1) is 19.4. The van der Waals surface area contributed by atoms with Crippen molar-refractivity contribution in [3.63, 3.8) is 0 Å². The molecule has 9 nitrogen and oxygen atoms in total. The number of benzene rings is 2. The first-order valence-corrected chi connectivity index (χ1v) is 13.6. The van der Waals surface area contributed by atoms with Crippen LogP contribution in [0.3, 0.4) is 0 Å². The monoisotopic (exact) mass is 579 g/mol. The Bertz CT molecular complexity index is 1240. The fourth-order valence-electron chi connectivity index (χ4n) is 4.93. The minimum absolute atomic E-state index is 0.0571. The van der Waals surface area contributed by atoms with E-state index in [0.29, 0.717) is 42.4 Å². The van der Waals surface area contributed by atoms with Crippen LogP contribution in [0, 0.1) is 5.92 Å². The average Bonchev–Trinajstić information content (AvgIpc) is 3.39. The van der Waals surface area contributed by atoms with Gasteiger partial charge in [-0.05, 0) is 49.9 Å². The third-order valence-electron chi connectivity index (χ3n) is 7.22. The van der Waals surface area contributed by atoms with E-state index >= 15 is 0 Å². The Morgan fingerprint density at radius 1 is 1.17 bits per heavy atom. The Kier molecular flexibility index (Phi) is 9.64. The minimum atomic E-state index is -4.43. The lowest BCUT2D eigenvalue weighted by Gasteiger charge is -2.34. The number of likely N-dealkylation sites (N-methyl/N-ethyl adjacent to an activating group) is 1. The van der Waals surface area contributed by atoms with E-state index in [1.807, 2.05) is 32.2 Å². The summed E-state index contributed by atoms with van der Waals surface area (Å²) in [5.74, 6) is 0.756. The maximum atomic E-state index is 13.4. The highest BCUT2D eigenvalue weighted by atomic mass is 19.4. The Hall–Kier alpha value is -3.51. The lowest BCUT2D eigenvalue weighted by molar-refractivity contribution is -0.142. The molecule has 3 atom stereocenters. The van der Waals surface area contributed by atoms with Gasteiger partial charge in [-0.2, -0.15) is 13.2 Å². The summed E-state index contributed by atoms with van der Waals surface area (Å²) in [7, 11) is 1.97. The number of halogens is 3. The van der Waals surface area contributed by atoms with Crippen molar-refractivity contribution in [1.29, 1.82) is 0 Å². The molecule has 224 valence electrons. The van der Waals surface area contributed by atoms with Crippen molar-refractivity contribution in [3.05, 3.63) is 47.5 Å². The molecule has 2 aromatic carbocycles. The minimum Gasteiger partial charge on any atom is -0.488 e. The van der Waals surface area contributed by atoms with E-state index in [1.54, 1.807) is 30.0 Å². The van der Waals surface area contributed by atoms with Crippen LogP contribution in [-0.4, -0.2) is 78.6 Å². The summed E-state index contributed by atoms with van der Waals surface area (Å²) in [6, 6.07) is 10.1. The largest absolute Gasteiger partial charge is 0.488 e.